The van der Waals surface area contributed by atoms with Crippen LogP contribution in [0.2, 0.25) is 0 Å². The lowest BCUT2D eigenvalue weighted by molar-refractivity contribution is -0.145. The Morgan fingerprint density at radius 1 is 1.00 bits per heavy atom. The number of hydrogen-bond donors (Lipinski definition) is 1. The lowest BCUT2D eigenvalue weighted by Gasteiger charge is -2.36. The number of carboxylic acids is 1. The van der Waals surface area contributed by atoms with Crippen molar-refractivity contribution in [2.24, 2.45) is 0 Å². The Bertz CT molecular complexity index is 480. The third-order valence-corrected chi connectivity index (χ3v) is 5.39. The predicted molar refractivity (Wildman–Crippen MR) is 80.0 cm³/mol. The molecule has 0 aliphatic heterocycles. The maximum absolute atomic E-state index is 12.0. The number of carbonyl (C=O) groups is 1. The first kappa shape index (κ1) is 13.7. The van der Waals surface area contributed by atoms with Crippen LogP contribution in [0.1, 0.15) is 74.8 Å². The summed E-state index contributed by atoms with van der Waals surface area (Å²) >= 11 is 0. The van der Waals surface area contributed by atoms with Gasteiger partial charge in [0.2, 0.25) is 0 Å². The van der Waals surface area contributed by atoms with Crippen molar-refractivity contribution in [3.63, 3.8) is 0 Å². The maximum atomic E-state index is 12.0. The second-order valence-corrected chi connectivity index (χ2v) is 6.52. The number of aliphatic carboxylic acids is 1. The minimum atomic E-state index is -0.614. The van der Waals surface area contributed by atoms with Gasteiger partial charge < -0.3 is 5.11 Å². The Hall–Kier alpha value is -1.31. The van der Waals surface area contributed by atoms with Crippen LogP contribution in [0, 0.1) is 0 Å². The van der Waals surface area contributed by atoms with Crippen LogP contribution in [0.3, 0.4) is 0 Å². The van der Waals surface area contributed by atoms with Crippen LogP contribution in [0.4, 0.5) is 0 Å². The van der Waals surface area contributed by atoms with Gasteiger partial charge in [-0.2, -0.15) is 0 Å². The van der Waals surface area contributed by atoms with Gasteiger partial charge in [-0.05, 0) is 42.7 Å². The first-order chi connectivity index (χ1) is 9.74. The summed E-state index contributed by atoms with van der Waals surface area (Å²) in [7, 11) is 0. The van der Waals surface area contributed by atoms with E-state index in [-0.39, 0.29) is 0 Å². The summed E-state index contributed by atoms with van der Waals surface area (Å²) in [5.74, 6) is -0.0213. The summed E-state index contributed by atoms with van der Waals surface area (Å²) in [6.45, 7) is 0. The fourth-order valence-corrected chi connectivity index (χ4v) is 4.28. The van der Waals surface area contributed by atoms with E-state index in [0.717, 1.165) is 31.2 Å². The predicted octanol–water partition coefficient (Wildman–Crippen LogP) is 4.63. The Kier molecular flexibility index (Phi) is 3.82. The highest BCUT2D eigenvalue weighted by Crippen LogP contribution is 2.45. The third kappa shape index (κ3) is 2.25. The zero-order chi connectivity index (χ0) is 14.0. The lowest BCUT2D eigenvalue weighted by atomic mass is 9.67. The summed E-state index contributed by atoms with van der Waals surface area (Å²) in [4.78, 5) is 12.0. The van der Waals surface area contributed by atoms with Crippen LogP contribution < -0.4 is 0 Å². The molecular formula is C18H24O2. The molecule has 0 aromatic heterocycles. The molecule has 0 heterocycles. The monoisotopic (exact) mass is 272 g/mol. The van der Waals surface area contributed by atoms with Crippen molar-refractivity contribution in [3.8, 4) is 0 Å². The van der Waals surface area contributed by atoms with Crippen molar-refractivity contribution in [2.45, 2.75) is 69.1 Å². The molecule has 2 saturated carbocycles. The molecule has 20 heavy (non-hydrogen) atoms. The summed E-state index contributed by atoms with van der Waals surface area (Å²) in [6, 6.07) is 8.38. The van der Waals surface area contributed by atoms with Gasteiger partial charge in [0.25, 0.3) is 0 Å². The quantitative estimate of drug-likeness (QED) is 0.871. The standard InChI is InChI=1S/C18H24O2/c19-17(20)18(12-6-1-7-13-18)16-11-5-4-10-15(16)14-8-2-3-9-14/h4-5,10-11,14H,1-3,6-9,12-13H2,(H,19,20). The van der Waals surface area contributed by atoms with Crippen molar-refractivity contribution in [3.05, 3.63) is 35.4 Å². The molecule has 2 aliphatic rings. The number of carboxylic acid groups (broad SMARTS) is 1. The zero-order valence-corrected chi connectivity index (χ0v) is 12.1. The molecule has 2 nitrogen and oxygen atoms in total. The summed E-state index contributed by atoms with van der Waals surface area (Å²) in [6.07, 6.45) is 9.94. The molecule has 0 bridgehead atoms. The molecule has 1 aromatic carbocycles. The van der Waals surface area contributed by atoms with Crippen molar-refractivity contribution >= 4 is 5.97 Å². The van der Waals surface area contributed by atoms with Gasteiger partial charge in [0.15, 0.2) is 0 Å². The minimum Gasteiger partial charge on any atom is -0.481 e. The van der Waals surface area contributed by atoms with Gasteiger partial charge >= 0.3 is 5.97 Å². The van der Waals surface area contributed by atoms with Crippen LogP contribution in [-0.4, -0.2) is 11.1 Å². The SMILES string of the molecule is O=C(O)C1(c2ccccc2C2CCCC2)CCCCC1. The van der Waals surface area contributed by atoms with E-state index >= 15 is 0 Å². The van der Waals surface area contributed by atoms with E-state index < -0.39 is 11.4 Å². The largest absolute Gasteiger partial charge is 0.481 e. The molecular weight excluding hydrogens is 248 g/mol. The summed E-state index contributed by atoms with van der Waals surface area (Å²) < 4.78 is 0. The molecule has 0 unspecified atom stereocenters. The molecule has 0 atom stereocenters. The maximum Gasteiger partial charge on any atom is 0.314 e. The second kappa shape index (κ2) is 5.59. The highest BCUT2D eigenvalue weighted by molar-refractivity contribution is 5.82. The van der Waals surface area contributed by atoms with Gasteiger partial charge in [-0.1, -0.05) is 56.4 Å². The van der Waals surface area contributed by atoms with Crippen LogP contribution >= 0.6 is 0 Å². The van der Waals surface area contributed by atoms with Crippen molar-refractivity contribution < 1.29 is 9.90 Å². The van der Waals surface area contributed by atoms with E-state index in [1.54, 1.807) is 0 Å². The van der Waals surface area contributed by atoms with E-state index in [1.807, 2.05) is 6.07 Å². The Morgan fingerprint density at radius 2 is 1.65 bits per heavy atom. The first-order valence-electron chi connectivity index (χ1n) is 8.07. The Balaban J connectivity index is 2.04. The van der Waals surface area contributed by atoms with E-state index in [9.17, 15) is 9.90 Å². The average molecular weight is 272 g/mol. The van der Waals surface area contributed by atoms with Gasteiger partial charge in [-0.25, -0.2) is 0 Å². The fraction of sp³-hybridized carbons (Fsp3) is 0.611. The Morgan fingerprint density at radius 3 is 2.30 bits per heavy atom. The van der Waals surface area contributed by atoms with Gasteiger partial charge in [0.1, 0.15) is 0 Å². The molecule has 2 aliphatic carbocycles. The first-order valence-corrected chi connectivity index (χ1v) is 8.07. The molecule has 108 valence electrons. The molecule has 1 aromatic rings. The molecule has 3 rings (SSSR count). The van der Waals surface area contributed by atoms with E-state index in [0.29, 0.717) is 5.92 Å². The molecule has 0 amide bonds. The van der Waals surface area contributed by atoms with Crippen LogP contribution in [-0.2, 0) is 10.2 Å². The third-order valence-electron chi connectivity index (χ3n) is 5.39. The topological polar surface area (TPSA) is 37.3 Å². The number of rotatable bonds is 3. The number of benzene rings is 1. The highest BCUT2D eigenvalue weighted by Gasteiger charge is 2.43. The van der Waals surface area contributed by atoms with Gasteiger partial charge in [0, 0.05) is 0 Å². The number of hydrogen-bond acceptors (Lipinski definition) is 1. The highest BCUT2D eigenvalue weighted by atomic mass is 16.4. The molecule has 2 fully saturated rings. The zero-order valence-electron chi connectivity index (χ0n) is 12.1. The normalized spacial score (nSPS) is 22.8. The minimum absolute atomic E-state index is 0.587. The Labute approximate surface area is 121 Å². The van der Waals surface area contributed by atoms with E-state index in [1.165, 1.54) is 37.7 Å². The smallest absolute Gasteiger partial charge is 0.314 e. The molecule has 0 saturated heterocycles. The van der Waals surface area contributed by atoms with E-state index in [4.69, 9.17) is 0 Å². The van der Waals surface area contributed by atoms with Gasteiger partial charge in [-0.3, -0.25) is 4.79 Å². The second-order valence-electron chi connectivity index (χ2n) is 6.52. The van der Waals surface area contributed by atoms with Crippen LogP contribution in [0.15, 0.2) is 24.3 Å². The van der Waals surface area contributed by atoms with Crippen LogP contribution in [0.25, 0.3) is 0 Å². The molecule has 0 radical (unpaired) electrons. The lowest BCUT2D eigenvalue weighted by Crippen LogP contribution is -2.38. The fourth-order valence-electron chi connectivity index (χ4n) is 4.28. The van der Waals surface area contributed by atoms with E-state index in [2.05, 4.69) is 18.2 Å². The van der Waals surface area contributed by atoms with Crippen molar-refractivity contribution in [1.29, 1.82) is 0 Å². The summed E-state index contributed by atoms with van der Waals surface area (Å²) in [5, 5.41) is 9.91. The van der Waals surface area contributed by atoms with Crippen molar-refractivity contribution in [2.75, 3.05) is 0 Å². The molecule has 0 spiro atoms. The molecule has 2 heteroatoms. The molecule has 1 N–H and O–H groups in total. The van der Waals surface area contributed by atoms with Crippen molar-refractivity contribution in [1.82, 2.24) is 0 Å². The van der Waals surface area contributed by atoms with Crippen LogP contribution in [0.5, 0.6) is 0 Å². The van der Waals surface area contributed by atoms with Gasteiger partial charge in [0.05, 0.1) is 5.41 Å². The average Bonchev–Trinajstić information content (AvgIpc) is 3.02. The van der Waals surface area contributed by atoms with Gasteiger partial charge in [-0.15, -0.1) is 0 Å². The summed E-state index contributed by atoms with van der Waals surface area (Å²) in [5.41, 5.74) is 1.84.